The molecule has 4 aliphatic carbocycles. The minimum absolute atomic E-state index is 0.0272. The normalized spacial score (nSPS) is 52.5. The summed E-state index contributed by atoms with van der Waals surface area (Å²) in [5.74, 6) is 0.0112. The lowest BCUT2D eigenvalue weighted by molar-refractivity contribution is -0.202. The molecule has 1 N–H and O–H groups in total. The van der Waals surface area contributed by atoms with Gasteiger partial charge in [0.25, 0.3) is 0 Å². The fourth-order valence-corrected chi connectivity index (χ4v) is 6.34. The largest absolute Gasteiger partial charge is 0.390 e. The molecule has 0 aromatic carbocycles. The topological polar surface area (TPSA) is 54.4 Å². The number of aliphatic hydroxyl groups is 1. The van der Waals surface area contributed by atoms with Crippen molar-refractivity contribution in [2.24, 2.45) is 22.7 Å². The molecule has 0 radical (unpaired) electrons. The molecule has 2 unspecified atom stereocenters. The molecule has 4 heteroatoms. The highest BCUT2D eigenvalue weighted by Crippen LogP contribution is 2.67. The van der Waals surface area contributed by atoms with Gasteiger partial charge in [-0.05, 0) is 44.1 Å². The van der Waals surface area contributed by atoms with E-state index >= 15 is 4.39 Å². The van der Waals surface area contributed by atoms with E-state index in [0.29, 0.717) is 32.1 Å². The minimum Gasteiger partial charge on any atom is -0.390 e. The Morgan fingerprint density at radius 3 is 2.57 bits per heavy atom. The first-order valence-electron chi connectivity index (χ1n) is 8.87. The van der Waals surface area contributed by atoms with Crippen LogP contribution in [0.1, 0.15) is 58.8 Å². The summed E-state index contributed by atoms with van der Waals surface area (Å²) >= 11 is 0. The van der Waals surface area contributed by atoms with Gasteiger partial charge in [-0.25, -0.2) is 4.39 Å². The van der Waals surface area contributed by atoms with Crippen molar-refractivity contribution in [3.8, 4) is 0 Å². The third-order valence-corrected chi connectivity index (χ3v) is 7.75. The van der Waals surface area contributed by atoms with Crippen LogP contribution >= 0.6 is 0 Å². The van der Waals surface area contributed by atoms with Crippen LogP contribution in [0.2, 0.25) is 0 Å². The van der Waals surface area contributed by atoms with Gasteiger partial charge in [-0.1, -0.05) is 19.4 Å². The van der Waals surface area contributed by atoms with Crippen molar-refractivity contribution < 1.29 is 19.1 Å². The Balaban J connectivity index is 1.83. The molecule has 0 heterocycles. The Hall–Kier alpha value is -1.03. The summed E-state index contributed by atoms with van der Waals surface area (Å²) in [6.07, 6.45) is 4.15. The molecule has 4 rings (SSSR count). The number of fused-ring (bicyclic) bond motifs is 5. The SMILES string of the molecule is C[C@]12CCC(=O)C=C1CC[C@H]1[C@@H]3CCC(=O)[C@@]3(C)CC(O)C12F. The average molecular weight is 320 g/mol. The van der Waals surface area contributed by atoms with Crippen LogP contribution in [0.4, 0.5) is 4.39 Å². The van der Waals surface area contributed by atoms with E-state index in [1.165, 1.54) is 0 Å². The van der Waals surface area contributed by atoms with Gasteiger partial charge in [0.1, 0.15) is 11.5 Å². The number of ketones is 2. The van der Waals surface area contributed by atoms with Crippen LogP contribution in [0.5, 0.6) is 0 Å². The molecule has 6 atom stereocenters. The highest BCUT2D eigenvalue weighted by Gasteiger charge is 2.70. The first-order valence-corrected chi connectivity index (χ1v) is 8.87. The maximum Gasteiger partial charge on any atom is 0.155 e. The molecule has 3 saturated carbocycles. The van der Waals surface area contributed by atoms with E-state index in [-0.39, 0.29) is 29.8 Å². The number of allylic oxidation sites excluding steroid dienone is 1. The van der Waals surface area contributed by atoms with Gasteiger partial charge >= 0.3 is 0 Å². The highest BCUT2D eigenvalue weighted by atomic mass is 19.1. The van der Waals surface area contributed by atoms with Gasteiger partial charge in [0, 0.05) is 29.6 Å². The maximum absolute atomic E-state index is 16.5. The Labute approximate surface area is 136 Å². The summed E-state index contributed by atoms with van der Waals surface area (Å²) in [6, 6.07) is 0. The number of hydrogen-bond acceptors (Lipinski definition) is 3. The Morgan fingerprint density at radius 1 is 1.13 bits per heavy atom. The number of halogens is 1. The highest BCUT2D eigenvalue weighted by molar-refractivity contribution is 5.92. The summed E-state index contributed by atoms with van der Waals surface area (Å²) in [5, 5.41) is 10.8. The molecular weight excluding hydrogens is 295 g/mol. The van der Waals surface area contributed by atoms with Gasteiger partial charge in [-0.3, -0.25) is 9.59 Å². The first-order chi connectivity index (χ1) is 10.7. The van der Waals surface area contributed by atoms with E-state index in [1.807, 2.05) is 13.8 Å². The Kier molecular flexibility index (Phi) is 3.05. The second-order valence-corrected chi connectivity index (χ2v) is 8.59. The minimum atomic E-state index is -1.72. The second-order valence-electron chi connectivity index (χ2n) is 8.59. The predicted octanol–water partition coefficient (Wildman–Crippen LogP) is 3.15. The fraction of sp³-hybridized carbons (Fsp3) is 0.789. The lowest BCUT2D eigenvalue weighted by Gasteiger charge is -2.62. The molecule has 3 nitrogen and oxygen atoms in total. The third-order valence-electron chi connectivity index (χ3n) is 7.75. The second kappa shape index (κ2) is 4.53. The Bertz CT molecular complexity index is 626. The quantitative estimate of drug-likeness (QED) is 0.746. The maximum atomic E-state index is 16.5. The number of rotatable bonds is 0. The summed E-state index contributed by atoms with van der Waals surface area (Å²) in [6.45, 7) is 3.81. The van der Waals surface area contributed by atoms with E-state index in [0.717, 1.165) is 12.0 Å². The number of carbonyl (C=O) groups excluding carboxylic acids is 2. The molecule has 0 saturated heterocycles. The Morgan fingerprint density at radius 2 is 1.83 bits per heavy atom. The molecule has 0 amide bonds. The number of aliphatic hydroxyl groups excluding tert-OH is 1. The van der Waals surface area contributed by atoms with Crippen molar-refractivity contribution in [2.75, 3.05) is 0 Å². The molecule has 3 fully saturated rings. The van der Waals surface area contributed by atoms with Crippen LogP contribution in [0.3, 0.4) is 0 Å². The van der Waals surface area contributed by atoms with Crippen molar-refractivity contribution in [3.05, 3.63) is 11.6 Å². The zero-order valence-corrected chi connectivity index (χ0v) is 13.9. The van der Waals surface area contributed by atoms with Gasteiger partial charge in [-0.15, -0.1) is 0 Å². The summed E-state index contributed by atoms with van der Waals surface area (Å²) in [4.78, 5) is 24.1. The molecule has 0 aromatic heterocycles. The van der Waals surface area contributed by atoms with Crippen LogP contribution in [0, 0.1) is 22.7 Å². The van der Waals surface area contributed by atoms with Gasteiger partial charge in [-0.2, -0.15) is 0 Å². The van der Waals surface area contributed by atoms with E-state index < -0.39 is 22.6 Å². The molecule has 0 aliphatic heterocycles. The molecule has 0 aromatic rings. The molecule has 4 aliphatic rings. The number of Topliss-reactive ketones (excluding diaryl/α,β-unsaturated/α-hetero) is 1. The molecule has 0 spiro atoms. The van der Waals surface area contributed by atoms with Gasteiger partial charge in [0.2, 0.25) is 0 Å². The summed E-state index contributed by atoms with van der Waals surface area (Å²) in [5.41, 5.74) is -2.18. The van der Waals surface area contributed by atoms with E-state index in [4.69, 9.17) is 0 Å². The smallest absolute Gasteiger partial charge is 0.155 e. The lowest BCUT2D eigenvalue weighted by Crippen LogP contribution is -2.67. The average Bonchev–Trinajstić information content (AvgIpc) is 2.77. The summed E-state index contributed by atoms with van der Waals surface area (Å²) in [7, 11) is 0. The third kappa shape index (κ3) is 1.68. The zero-order chi connectivity index (χ0) is 16.6. The van der Waals surface area contributed by atoms with Crippen LogP contribution in [-0.2, 0) is 9.59 Å². The fourth-order valence-electron chi connectivity index (χ4n) is 6.34. The van der Waals surface area contributed by atoms with E-state index in [9.17, 15) is 14.7 Å². The van der Waals surface area contributed by atoms with Crippen LogP contribution in [-0.4, -0.2) is 28.4 Å². The van der Waals surface area contributed by atoms with Crippen LogP contribution in [0.25, 0.3) is 0 Å². The standard InChI is InChI=1S/C19H25FO3/c1-17-10-16(23)19(20)14(13(17)5-6-15(17)22)4-3-11-9-12(21)7-8-18(11,19)2/h9,13-14,16,23H,3-8,10H2,1-2H3/t13-,14-,16?,17-,18-,19?/m0/s1. The van der Waals surface area contributed by atoms with Crippen molar-refractivity contribution >= 4 is 11.6 Å². The van der Waals surface area contributed by atoms with Crippen molar-refractivity contribution in [1.29, 1.82) is 0 Å². The lowest BCUT2D eigenvalue weighted by atomic mass is 9.45. The predicted molar refractivity (Wildman–Crippen MR) is 83.5 cm³/mol. The van der Waals surface area contributed by atoms with Gasteiger partial charge < -0.3 is 5.11 Å². The number of carbonyl (C=O) groups is 2. The van der Waals surface area contributed by atoms with Crippen LogP contribution < -0.4 is 0 Å². The van der Waals surface area contributed by atoms with Gasteiger partial charge in [0.05, 0.1) is 6.10 Å². The van der Waals surface area contributed by atoms with E-state index in [2.05, 4.69) is 0 Å². The van der Waals surface area contributed by atoms with E-state index in [1.54, 1.807) is 6.08 Å². The van der Waals surface area contributed by atoms with Crippen LogP contribution in [0.15, 0.2) is 11.6 Å². The monoisotopic (exact) mass is 320 g/mol. The molecule has 23 heavy (non-hydrogen) atoms. The first kappa shape index (κ1) is 15.5. The number of alkyl halides is 1. The van der Waals surface area contributed by atoms with Gasteiger partial charge in [0.15, 0.2) is 5.78 Å². The number of hydrogen-bond donors (Lipinski definition) is 1. The summed E-state index contributed by atoms with van der Waals surface area (Å²) < 4.78 is 16.5. The van der Waals surface area contributed by atoms with Crippen molar-refractivity contribution in [2.45, 2.75) is 70.6 Å². The molecule has 126 valence electrons. The van der Waals surface area contributed by atoms with Crippen molar-refractivity contribution in [1.82, 2.24) is 0 Å². The zero-order valence-electron chi connectivity index (χ0n) is 13.9. The molecular formula is C19H25FO3. The van der Waals surface area contributed by atoms with Crippen molar-refractivity contribution in [3.63, 3.8) is 0 Å². The molecule has 0 bridgehead atoms.